The van der Waals surface area contributed by atoms with Gasteiger partial charge in [0, 0.05) is 17.6 Å². The number of benzene rings is 1. The third kappa shape index (κ3) is 1.45. The largest absolute Gasteiger partial charge is 0.381 e. The molecule has 1 fully saturated rings. The standard InChI is InChI=1S/C14H19N/c1-10-6-5-9-13-14(10)11-7-3-2-4-8-12(11)15-13/h5-6,9,11-12,15H,2-4,7-8H2,1H3. The van der Waals surface area contributed by atoms with Crippen molar-refractivity contribution < 1.29 is 0 Å². The van der Waals surface area contributed by atoms with Crippen LogP contribution in [0.2, 0.25) is 0 Å². The SMILES string of the molecule is Cc1cccc2c1C1CCCCCC1N2. The van der Waals surface area contributed by atoms with Crippen LogP contribution in [0.15, 0.2) is 18.2 Å². The number of rotatable bonds is 0. The van der Waals surface area contributed by atoms with E-state index in [4.69, 9.17) is 0 Å². The first-order valence-corrected chi connectivity index (χ1v) is 6.22. The minimum Gasteiger partial charge on any atom is -0.381 e. The maximum absolute atomic E-state index is 3.72. The van der Waals surface area contributed by atoms with E-state index in [1.54, 1.807) is 5.56 Å². The smallest absolute Gasteiger partial charge is 0.0381 e. The van der Waals surface area contributed by atoms with Gasteiger partial charge in [0.15, 0.2) is 0 Å². The van der Waals surface area contributed by atoms with Crippen molar-refractivity contribution in [3.05, 3.63) is 29.3 Å². The van der Waals surface area contributed by atoms with Crippen molar-refractivity contribution in [3.8, 4) is 0 Å². The molecule has 0 radical (unpaired) electrons. The van der Waals surface area contributed by atoms with E-state index < -0.39 is 0 Å². The lowest BCUT2D eigenvalue weighted by atomic mass is 9.88. The number of hydrogen-bond donors (Lipinski definition) is 1. The third-order valence-electron chi connectivity index (χ3n) is 4.05. The molecule has 15 heavy (non-hydrogen) atoms. The molecule has 0 spiro atoms. The van der Waals surface area contributed by atoms with E-state index in [1.807, 2.05) is 0 Å². The minimum atomic E-state index is 0.726. The van der Waals surface area contributed by atoms with Crippen LogP contribution in [-0.2, 0) is 0 Å². The molecule has 1 aromatic rings. The Labute approximate surface area is 91.9 Å². The van der Waals surface area contributed by atoms with E-state index >= 15 is 0 Å². The molecule has 1 N–H and O–H groups in total. The first kappa shape index (κ1) is 9.26. The van der Waals surface area contributed by atoms with Crippen molar-refractivity contribution in [2.24, 2.45) is 0 Å². The summed E-state index contributed by atoms with van der Waals surface area (Å²) in [6.45, 7) is 2.26. The fraction of sp³-hybridized carbons (Fsp3) is 0.571. The Bertz CT molecular complexity index is 370. The van der Waals surface area contributed by atoms with Crippen LogP contribution in [0.3, 0.4) is 0 Å². The molecule has 1 heteroatoms. The molecule has 1 aliphatic carbocycles. The Morgan fingerprint density at radius 3 is 2.93 bits per heavy atom. The van der Waals surface area contributed by atoms with Crippen LogP contribution in [0.4, 0.5) is 5.69 Å². The molecule has 0 aromatic heterocycles. The predicted octanol–water partition coefficient (Wildman–Crippen LogP) is 3.84. The molecule has 1 heterocycles. The van der Waals surface area contributed by atoms with Gasteiger partial charge in [0.05, 0.1) is 0 Å². The lowest BCUT2D eigenvalue weighted by molar-refractivity contribution is 0.560. The second-order valence-electron chi connectivity index (χ2n) is 5.03. The quantitative estimate of drug-likeness (QED) is 0.672. The summed E-state index contributed by atoms with van der Waals surface area (Å²) < 4.78 is 0. The zero-order valence-electron chi connectivity index (χ0n) is 9.42. The molecule has 0 amide bonds. The highest BCUT2D eigenvalue weighted by Gasteiger charge is 2.33. The Morgan fingerprint density at radius 1 is 1.13 bits per heavy atom. The van der Waals surface area contributed by atoms with Crippen LogP contribution in [-0.4, -0.2) is 6.04 Å². The number of fused-ring (bicyclic) bond motifs is 3. The number of aryl methyl sites for hydroxylation is 1. The van der Waals surface area contributed by atoms with E-state index in [-0.39, 0.29) is 0 Å². The van der Waals surface area contributed by atoms with Gasteiger partial charge in [-0.05, 0) is 37.0 Å². The Kier molecular flexibility index (Phi) is 2.19. The van der Waals surface area contributed by atoms with Gasteiger partial charge in [0.2, 0.25) is 0 Å². The van der Waals surface area contributed by atoms with Crippen molar-refractivity contribution in [1.82, 2.24) is 0 Å². The molecular formula is C14H19N. The van der Waals surface area contributed by atoms with Gasteiger partial charge in [0.25, 0.3) is 0 Å². The predicted molar refractivity (Wildman–Crippen MR) is 64.4 cm³/mol. The summed E-state index contributed by atoms with van der Waals surface area (Å²) in [4.78, 5) is 0. The third-order valence-corrected chi connectivity index (χ3v) is 4.05. The lowest BCUT2D eigenvalue weighted by Gasteiger charge is -2.17. The summed E-state index contributed by atoms with van der Waals surface area (Å²) in [7, 11) is 0. The van der Waals surface area contributed by atoms with E-state index in [2.05, 4.69) is 30.4 Å². The summed E-state index contributed by atoms with van der Waals surface area (Å²) in [6, 6.07) is 7.40. The lowest BCUT2D eigenvalue weighted by Crippen LogP contribution is -2.18. The van der Waals surface area contributed by atoms with Gasteiger partial charge in [-0.2, -0.15) is 0 Å². The van der Waals surface area contributed by atoms with Gasteiger partial charge in [-0.15, -0.1) is 0 Å². The van der Waals surface area contributed by atoms with Crippen LogP contribution in [0.25, 0.3) is 0 Å². The molecule has 80 valence electrons. The molecular weight excluding hydrogens is 182 g/mol. The molecule has 3 rings (SSSR count). The van der Waals surface area contributed by atoms with Crippen molar-refractivity contribution in [2.45, 2.75) is 51.0 Å². The highest BCUT2D eigenvalue weighted by atomic mass is 15.0. The molecule has 2 unspecified atom stereocenters. The molecule has 1 saturated carbocycles. The summed E-state index contributed by atoms with van der Waals surface area (Å²) in [6.07, 6.45) is 6.99. The number of hydrogen-bond acceptors (Lipinski definition) is 1. The van der Waals surface area contributed by atoms with Gasteiger partial charge >= 0.3 is 0 Å². The van der Waals surface area contributed by atoms with Crippen molar-refractivity contribution in [3.63, 3.8) is 0 Å². The first-order chi connectivity index (χ1) is 7.36. The zero-order chi connectivity index (χ0) is 10.3. The highest BCUT2D eigenvalue weighted by molar-refractivity contribution is 5.62. The second-order valence-corrected chi connectivity index (χ2v) is 5.03. The summed E-state index contributed by atoms with van der Waals surface area (Å²) in [5.74, 6) is 0.795. The first-order valence-electron chi connectivity index (χ1n) is 6.22. The zero-order valence-corrected chi connectivity index (χ0v) is 9.42. The molecule has 1 aliphatic heterocycles. The number of nitrogens with one attached hydrogen (secondary N) is 1. The average Bonchev–Trinajstić information content (AvgIpc) is 2.43. The Morgan fingerprint density at radius 2 is 2.00 bits per heavy atom. The van der Waals surface area contributed by atoms with E-state index in [9.17, 15) is 0 Å². The monoisotopic (exact) mass is 201 g/mol. The van der Waals surface area contributed by atoms with Crippen molar-refractivity contribution in [2.75, 3.05) is 5.32 Å². The molecule has 0 bridgehead atoms. The van der Waals surface area contributed by atoms with Gasteiger partial charge in [0.1, 0.15) is 0 Å². The van der Waals surface area contributed by atoms with E-state index in [0.29, 0.717) is 0 Å². The topological polar surface area (TPSA) is 12.0 Å². The summed E-state index contributed by atoms with van der Waals surface area (Å²) >= 11 is 0. The molecule has 1 nitrogen and oxygen atoms in total. The number of anilines is 1. The van der Waals surface area contributed by atoms with Gasteiger partial charge in [-0.25, -0.2) is 0 Å². The van der Waals surface area contributed by atoms with Gasteiger partial charge in [-0.3, -0.25) is 0 Å². The minimum absolute atomic E-state index is 0.726. The fourth-order valence-corrected chi connectivity index (χ4v) is 3.32. The normalized spacial score (nSPS) is 28.9. The summed E-state index contributed by atoms with van der Waals surface area (Å²) in [5, 5.41) is 3.72. The van der Waals surface area contributed by atoms with Crippen LogP contribution >= 0.6 is 0 Å². The Balaban J connectivity index is 2.02. The molecule has 0 saturated heterocycles. The Hall–Kier alpha value is -0.980. The van der Waals surface area contributed by atoms with Gasteiger partial charge in [-0.1, -0.05) is 31.4 Å². The summed E-state index contributed by atoms with van der Waals surface area (Å²) in [5.41, 5.74) is 4.51. The molecule has 2 atom stereocenters. The highest BCUT2D eigenvalue weighted by Crippen LogP contribution is 2.44. The molecule has 2 aliphatic rings. The van der Waals surface area contributed by atoms with Crippen LogP contribution in [0.5, 0.6) is 0 Å². The van der Waals surface area contributed by atoms with E-state index in [1.165, 1.54) is 43.4 Å². The molecule has 1 aromatic carbocycles. The van der Waals surface area contributed by atoms with Crippen LogP contribution < -0.4 is 5.32 Å². The maximum atomic E-state index is 3.72. The van der Waals surface area contributed by atoms with Gasteiger partial charge < -0.3 is 5.32 Å². The van der Waals surface area contributed by atoms with Crippen molar-refractivity contribution >= 4 is 5.69 Å². The van der Waals surface area contributed by atoms with E-state index in [0.717, 1.165) is 12.0 Å². The van der Waals surface area contributed by atoms with Crippen LogP contribution in [0, 0.1) is 6.92 Å². The van der Waals surface area contributed by atoms with Crippen LogP contribution in [0.1, 0.15) is 49.1 Å². The fourth-order valence-electron chi connectivity index (χ4n) is 3.32. The second kappa shape index (κ2) is 3.55. The maximum Gasteiger partial charge on any atom is 0.0381 e. The van der Waals surface area contributed by atoms with Crippen molar-refractivity contribution in [1.29, 1.82) is 0 Å². The average molecular weight is 201 g/mol.